The van der Waals surface area contributed by atoms with Crippen LogP contribution >= 0.6 is 0 Å². The van der Waals surface area contributed by atoms with Gasteiger partial charge in [0.25, 0.3) is 0 Å². The Kier molecular flexibility index (Phi) is 129. The molecule has 0 atom stereocenters. The van der Waals surface area contributed by atoms with Gasteiger partial charge in [-0.25, -0.2) is 0 Å². The Bertz CT molecular complexity index is 13.5. The third kappa shape index (κ3) is 8.83. The van der Waals surface area contributed by atoms with E-state index < -0.39 is 0 Å². The van der Waals surface area contributed by atoms with Crippen molar-refractivity contribution in [1.29, 1.82) is 0 Å². The van der Waals surface area contributed by atoms with E-state index in [2.05, 4.69) is 0 Å². The van der Waals surface area contributed by atoms with Crippen molar-refractivity contribution < 1.29 is 23.9 Å². The van der Waals surface area contributed by atoms with Crippen LogP contribution in [0.2, 0.25) is 0 Å². The molecule has 0 unspecified atom stereocenters. The van der Waals surface area contributed by atoms with Gasteiger partial charge in [-0.05, 0) is 0 Å². The first-order chi connectivity index (χ1) is 0. The van der Waals surface area contributed by atoms with Crippen LogP contribution in [0.5, 0.6) is 0 Å². The third-order valence-corrected chi connectivity index (χ3v) is 0. The van der Waals surface area contributed by atoms with Gasteiger partial charge in [0.05, 0.1) is 0 Å². The molecule has 0 aromatic rings. The molecule has 0 spiro atoms. The van der Waals surface area contributed by atoms with E-state index in [-0.39, 0.29) is 90.0 Å². The van der Waals surface area contributed by atoms with Gasteiger partial charge >= 0.3 is 37.7 Å². The van der Waals surface area contributed by atoms with Gasteiger partial charge in [0.2, 0.25) is 0 Å². The number of hydrogen-bond donors (Lipinski definition) is 0. The van der Waals surface area contributed by atoms with Crippen LogP contribution in [0.3, 0.4) is 0 Å². The van der Waals surface area contributed by atoms with Crippen molar-refractivity contribution in [3.8, 4) is 0 Å². The largest absolute Gasteiger partial charge is 2.00 e. The molecule has 0 aliphatic carbocycles. The van der Waals surface area contributed by atoms with Crippen LogP contribution < -0.4 is 0 Å². The summed E-state index contributed by atoms with van der Waals surface area (Å²) < 4.78 is 0. The minimum absolute atomic E-state index is 0. The van der Waals surface area contributed by atoms with Gasteiger partial charge in [0, 0.05) is 49.4 Å². The molecule has 0 nitrogen and oxygen atoms in total. The minimum Gasteiger partial charge on any atom is -1.00 e. The molecular weight excluding hydrogens is 279 g/mol. The standard InChI is InChI=1S/Al.Ca.Si.W.2H/q;+2;;;2*-1. The molecule has 0 aromatic carbocycles. The van der Waals surface area contributed by atoms with Crippen molar-refractivity contribution in [2.75, 3.05) is 0 Å². The molecule has 0 fully saturated rings. The Labute approximate surface area is 88.5 Å². The Morgan fingerprint density at radius 2 is 1.25 bits per heavy atom. The first-order valence-electron chi connectivity index (χ1n) is 0. The van der Waals surface area contributed by atoms with Crippen molar-refractivity contribution in [3.63, 3.8) is 0 Å². The van der Waals surface area contributed by atoms with E-state index in [0.717, 1.165) is 0 Å². The van der Waals surface area contributed by atoms with Crippen LogP contribution in [0.15, 0.2) is 0 Å². The summed E-state index contributed by atoms with van der Waals surface area (Å²) in [6, 6.07) is 0. The molecule has 0 saturated carbocycles. The zero-order valence-corrected chi connectivity index (χ0v) is 9.49. The molecule has 0 aliphatic rings. The molecule has 7 radical (unpaired) electrons. The molecule has 0 saturated heterocycles. The van der Waals surface area contributed by atoms with E-state index in [1.807, 2.05) is 0 Å². The quantitative estimate of drug-likeness (QED) is 0.504. The third-order valence-electron chi connectivity index (χ3n) is 0. The van der Waals surface area contributed by atoms with Gasteiger partial charge in [-0.3, -0.25) is 0 Å². The van der Waals surface area contributed by atoms with Gasteiger partial charge in [-0.15, -0.1) is 0 Å². The molecule has 0 bridgehead atoms. The van der Waals surface area contributed by atoms with Gasteiger partial charge in [0.15, 0.2) is 0 Å². The SMILES string of the molecule is [Al].[Ca+2].[H-].[H-].[Si].[W]. The predicted octanol–water partition coefficient (Wildman–Crippen LogP) is -0.920. The summed E-state index contributed by atoms with van der Waals surface area (Å²) in [4.78, 5) is 0. The second-order valence-electron chi connectivity index (χ2n) is 0. The normalized spacial score (nSPS) is 0. The zero-order valence-electron chi connectivity index (χ0n) is 4.19. The maximum Gasteiger partial charge on any atom is 2.00 e. The summed E-state index contributed by atoms with van der Waals surface area (Å²) in [5.41, 5.74) is 0. The van der Waals surface area contributed by atoms with E-state index in [9.17, 15) is 0 Å². The summed E-state index contributed by atoms with van der Waals surface area (Å²) in [6.45, 7) is 0. The molecule has 0 amide bonds. The van der Waals surface area contributed by atoms with Crippen molar-refractivity contribution in [1.82, 2.24) is 0 Å². The Balaban J connectivity index is 0. The molecule has 17 valence electrons. The Morgan fingerprint density at radius 3 is 1.25 bits per heavy atom. The van der Waals surface area contributed by atoms with Crippen molar-refractivity contribution in [3.05, 3.63) is 0 Å². The Hall–Kier alpha value is 2.70. The second kappa shape index (κ2) is 17.3. The fourth-order valence-corrected chi connectivity index (χ4v) is 0. The molecule has 0 aromatic heterocycles. The van der Waals surface area contributed by atoms with Gasteiger partial charge in [-0.1, -0.05) is 0 Å². The summed E-state index contributed by atoms with van der Waals surface area (Å²) in [5, 5.41) is 0. The molecule has 0 N–H and O–H groups in total. The topological polar surface area (TPSA) is 0 Å². The van der Waals surface area contributed by atoms with Crippen molar-refractivity contribution in [2.45, 2.75) is 0 Å². The van der Waals surface area contributed by atoms with E-state index >= 15 is 0 Å². The summed E-state index contributed by atoms with van der Waals surface area (Å²) >= 11 is 0. The number of hydrogen-bond acceptors (Lipinski definition) is 0. The molecular formula is H2AlCaSiW. The van der Waals surface area contributed by atoms with Gasteiger partial charge < -0.3 is 2.85 Å². The molecule has 0 aliphatic heterocycles. The second-order valence-corrected chi connectivity index (χ2v) is 0. The van der Waals surface area contributed by atoms with Crippen LogP contribution in [0.4, 0.5) is 0 Å². The predicted molar refractivity (Wildman–Crippen MR) is 19.5 cm³/mol. The van der Waals surface area contributed by atoms with Crippen LogP contribution in [-0.2, 0) is 21.1 Å². The monoisotopic (exact) mass is 281 g/mol. The van der Waals surface area contributed by atoms with E-state index in [1.165, 1.54) is 0 Å². The zero-order chi connectivity index (χ0) is 0. The van der Waals surface area contributed by atoms with Crippen LogP contribution in [0, 0.1) is 0 Å². The summed E-state index contributed by atoms with van der Waals surface area (Å²) in [5.74, 6) is 0. The first kappa shape index (κ1) is 29.9. The maximum absolute atomic E-state index is 0. The summed E-state index contributed by atoms with van der Waals surface area (Å²) in [7, 11) is 0. The molecule has 4 heteroatoms. The van der Waals surface area contributed by atoms with Crippen LogP contribution in [-0.4, -0.2) is 66.1 Å². The molecule has 4 heavy (non-hydrogen) atoms. The average molecular weight is 281 g/mol. The average Bonchev–Trinajstić information content (AvgIpc) is 0. The fourth-order valence-electron chi connectivity index (χ4n) is 0. The Morgan fingerprint density at radius 1 is 1.25 bits per heavy atom. The van der Waals surface area contributed by atoms with Crippen molar-refractivity contribution >= 4 is 66.1 Å². The van der Waals surface area contributed by atoms with E-state index in [4.69, 9.17) is 0 Å². The van der Waals surface area contributed by atoms with E-state index in [1.54, 1.807) is 0 Å². The molecule has 0 heterocycles. The van der Waals surface area contributed by atoms with Crippen LogP contribution in [0.1, 0.15) is 2.85 Å². The van der Waals surface area contributed by atoms with Crippen LogP contribution in [0.25, 0.3) is 0 Å². The van der Waals surface area contributed by atoms with E-state index in [0.29, 0.717) is 0 Å². The smallest absolute Gasteiger partial charge is 1.00 e. The van der Waals surface area contributed by atoms with Crippen molar-refractivity contribution in [2.24, 2.45) is 0 Å². The first-order valence-corrected chi connectivity index (χ1v) is 0. The molecule has 0 rings (SSSR count). The summed E-state index contributed by atoms with van der Waals surface area (Å²) in [6.07, 6.45) is 0. The van der Waals surface area contributed by atoms with Gasteiger partial charge in [0.1, 0.15) is 0 Å². The maximum atomic E-state index is 0. The minimum atomic E-state index is 0. The number of rotatable bonds is 0. The van der Waals surface area contributed by atoms with Gasteiger partial charge in [-0.2, -0.15) is 0 Å². The fraction of sp³-hybridized carbons (Fsp3) is 0.